The lowest BCUT2D eigenvalue weighted by Gasteiger charge is -2.22. The van der Waals surface area contributed by atoms with Gasteiger partial charge in [0.15, 0.2) is 0 Å². The number of fused-ring (bicyclic) bond motifs is 1. The molecule has 0 radical (unpaired) electrons. The van der Waals surface area contributed by atoms with Gasteiger partial charge in [0.2, 0.25) is 0 Å². The van der Waals surface area contributed by atoms with Gasteiger partial charge in [0.05, 0.1) is 30.6 Å². The van der Waals surface area contributed by atoms with E-state index in [1.54, 1.807) is 0 Å². The average Bonchev–Trinajstić information content (AvgIpc) is 3.15. The summed E-state index contributed by atoms with van der Waals surface area (Å²) in [5, 5.41) is 4.27. The summed E-state index contributed by atoms with van der Waals surface area (Å²) in [4.78, 5) is 7.07. The number of ether oxygens (including phenoxy) is 1. The van der Waals surface area contributed by atoms with Crippen molar-refractivity contribution in [3.63, 3.8) is 0 Å². The number of hydrogen-bond donors (Lipinski definition) is 0. The maximum atomic E-state index is 5.85. The van der Waals surface area contributed by atoms with E-state index in [1.807, 2.05) is 30.3 Å². The van der Waals surface area contributed by atoms with Crippen LogP contribution in [0.2, 0.25) is 0 Å². The molecule has 0 aliphatic carbocycles. The maximum Gasteiger partial charge on any atom is 0.0666 e. The predicted octanol–water partition coefficient (Wildman–Crippen LogP) is 1.76. The smallest absolute Gasteiger partial charge is 0.0666 e. The number of rotatable bonds is 4. The van der Waals surface area contributed by atoms with E-state index in [2.05, 4.69) is 43.9 Å². The molecule has 0 aromatic carbocycles. The molecule has 1 aliphatic heterocycles. The normalized spacial score (nSPS) is 19.6. The van der Waals surface area contributed by atoms with Crippen LogP contribution in [-0.2, 0) is 24.8 Å². The molecule has 0 unspecified atom stereocenters. The van der Waals surface area contributed by atoms with Crippen molar-refractivity contribution < 1.29 is 4.74 Å². The van der Waals surface area contributed by atoms with Gasteiger partial charge in [0, 0.05) is 63.0 Å². The third kappa shape index (κ3) is 3.34. The Morgan fingerprint density at radius 3 is 3.17 bits per heavy atom. The minimum atomic E-state index is 0.456. The van der Waals surface area contributed by atoms with Gasteiger partial charge in [0.25, 0.3) is 0 Å². The fraction of sp³-hybridized carbons (Fsp3) is 0.444. The Hall–Kier alpha value is -2.18. The molecule has 126 valence electrons. The minimum absolute atomic E-state index is 0.456. The summed E-state index contributed by atoms with van der Waals surface area (Å²) in [6.45, 7) is 4.51. The van der Waals surface area contributed by atoms with Gasteiger partial charge in [-0.3, -0.25) is 14.6 Å². The Balaban J connectivity index is 1.47. The Labute approximate surface area is 141 Å². The molecule has 4 heterocycles. The molecule has 0 spiro atoms. The van der Waals surface area contributed by atoms with Gasteiger partial charge in [-0.1, -0.05) is 0 Å². The predicted molar refractivity (Wildman–Crippen MR) is 91.7 cm³/mol. The summed E-state index contributed by atoms with van der Waals surface area (Å²) in [7, 11) is 1.96. The fourth-order valence-electron chi connectivity index (χ4n) is 3.49. The largest absolute Gasteiger partial charge is 0.380 e. The Bertz CT molecular complexity index is 808. The van der Waals surface area contributed by atoms with E-state index in [-0.39, 0.29) is 0 Å². The molecule has 24 heavy (non-hydrogen) atoms. The summed E-state index contributed by atoms with van der Waals surface area (Å²) >= 11 is 0. The highest BCUT2D eigenvalue weighted by Crippen LogP contribution is 2.18. The number of aryl methyl sites for hydroxylation is 1. The zero-order valence-corrected chi connectivity index (χ0v) is 14.0. The van der Waals surface area contributed by atoms with Crippen LogP contribution in [0.5, 0.6) is 0 Å². The molecule has 3 aromatic heterocycles. The molecule has 0 amide bonds. The molecule has 1 saturated heterocycles. The van der Waals surface area contributed by atoms with Crippen LogP contribution in [0.25, 0.3) is 5.52 Å². The first-order valence-electron chi connectivity index (χ1n) is 8.46. The van der Waals surface area contributed by atoms with Crippen molar-refractivity contribution >= 4 is 5.52 Å². The molecule has 1 aliphatic rings. The van der Waals surface area contributed by atoms with E-state index in [4.69, 9.17) is 4.74 Å². The Kier molecular flexibility index (Phi) is 4.32. The van der Waals surface area contributed by atoms with Crippen LogP contribution in [0.1, 0.15) is 11.3 Å². The van der Waals surface area contributed by atoms with Crippen LogP contribution in [0.4, 0.5) is 0 Å². The van der Waals surface area contributed by atoms with Gasteiger partial charge >= 0.3 is 0 Å². The van der Waals surface area contributed by atoms with Crippen LogP contribution in [0.3, 0.4) is 0 Å². The van der Waals surface area contributed by atoms with E-state index in [0.29, 0.717) is 5.92 Å². The summed E-state index contributed by atoms with van der Waals surface area (Å²) in [6, 6.07) is 4.20. The van der Waals surface area contributed by atoms with Crippen molar-refractivity contribution in [2.24, 2.45) is 13.0 Å². The van der Waals surface area contributed by atoms with Crippen molar-refractivity contribution in [1.29, 1.82) is 0 Å². The van der Waals surface area contributed by atoms with Gasteiger partial charge in [-0.15, -0.1) is 0 Å². The topological polar surface area (TPSA) is 47.6 Å². The zero-order valence-electron chi connectivity index (χ0n) is 14.0. The summed E-state index contributed by atoms with van der Waals surface area (Å²) in [6.07, 6.45) is 10.9. The van der Waals surface area contributed by atoms with Crippen molar-refractivity contribution in [3.8, 4) is 0 Å². The van der Waals surface area contributed by atoms with E-state index in [1.165, 1.54) is 11.1 Å². The van der Waals surface area contributed by atoms with Crippen LogP contribution >= 0.6 is 0 Å². The van der Waals surface area contributed by atoms with Crippen LogP contribution < -0.4 is 0 Å². The van der Waals surface area contributed by atoms with Gasteiger partial charge in [-0.05, 0) is 18.6 Å². The van der Waals surface area contributed by atoms with Gasteiger partial charge in [0.1, 0.15) is 0 Å². The highest BCUT2D eigenvalue weighted by Gasteiger charge is 2.21. The van der Waals surface area contributed by atoms with Crippen LogP contribution in [0.15, 0.2) is 43.1 Å². The number of aromatic nitrogens is 4. The molecule has 0 bridgehead atoms. The lowest BCUT2D eigenvalue weighted by atomic mass is 10.0. The van der Waals surface area contributed by atoms with Gasteiger partial charge in [-0.25, -0.2) is 0 Å². The lowest BCUT2D eigenvalue weighted by molar-refractivity contribution is 0.121. The highest BCUT2D eigenvalue weighted by molar-refractivity contribution is 5.52. The van der Waals surface area contributed by atoms with Gasteiger partial charge in [-0.2, -0.15) is 5.10 Å². The SMILES string of the molecule is Cn1cc(CN2CCOC[C@@H](Cc3nccn4cccc34)C2)cn1. The fourth-order valence-corrected chi connectivity index (χ4v) is 3.49. The average molecular weight is 325 g/mol. The third-order valence-electron chi connectivity index (χ3n) is 4.60. The molecule has 1 fully saturated rings. The lowest BCUT2D eigenvalue weighted by Crippen LogP contribution is -2.30. The highest BCUT2D eigenvalue weighted by atomic mass is 16.5. The zero-order chi connectivity index (χ0) is 16.4. The first kappa shape index (κ1) is 15.4. The molecule has 6 heteroatoms. The van der Waals surface area contributed by atoms with Gasteiger partial charge < -0.3 is 9.14 Å². The standard InChI is InChI=1S/C18H23N5O/c1-21-11-16(10-20-21)13-22-7-8-24-14-15(12-22)9-17-18-3-2-5-23(18)6-4-19-17/h2-6,10-11,15H,7-9,12-14H2,1H3/t15-/m0/s1. The molecule has 3 aromatic rings. The van der Waals surface area contributed by atoms with E-state index >= 15 is 0 Å². The van der Waals surface area contributed by atoms with Crippen molar-refractivity contribution in [1.82, 2.24) is 24.1 Å². The summed E-state index contributed by atoms with van der Waals surface area (Å²) < 4.78 is 9.84. The van der Waals surface area contributed by atoms with Crippen molar-refractivity contribution in [2.45, 2.75) is 13.0 Å². The molecule has 0 N–H and O–H groups in total. The first-order valence-corrected chi connectivity index (χ1v) is 8.46. The second-order valence-corrected chi connectivity index (χ2v) is 6.58. The van der Waals surface area contributed by atoms with E-state index in [9.17, 15) is 0 Å². The first-order chi connectivity index (χ1) is 11.8. The summed E-state index contributed by atoms with van der Waals surface area (Å²) in [5.41, 5.74) is 3.60. The molecule has 4 rings (SSSR count). The minimum Gasteiger partial charge on any atom is -0.380 e. The maximum absolute atomic E-state index is 5.85. The molecule has 0 saturated carbocycles. The van der Waals surface area contributed by atoms with Crippen molar-refractivity contribution in [3.05, 3.63) is 54.4 Å². The molecule has 6 nitrogen and oxygen atoms in total. The monoisotopic (exact) mass is 325 g/mol. The Morgan fingerprint density at radius 2 is 2.29 bits per heavy atom. The number of nitrogens with zero attached hydrogens (tertiary/aromatic N) is 5. The third-order valence-corrected chi connectivity index (χ3v) is 4.60. The molecular formula is C18H23N5O. The second-order valence-electron chi connectivity index (χ2n) is 6.58. The molecular weight excluding hydrogens is 302 g/mol. The Morgan fingerprint density at radius 1 is 1.33 bits per heavy atom. The van der Waals surface area contributed by atoms with Crippen molar-refractivity contribution in [2.75, 3.05) is 26.3 Å². The van der Waals surface area contributed by atoms with E-state index < -0.39 is 0 Å². The summed E-state index contributed by atoms with van der Waals surface area (Å²) in [5.74, 6) is 0.456. The van der Waals surface area contributed by atoms with Crippen LogP contribution in [0, 0.1) is 5.92 Å². The quantitative estimate of drug-likeness (QED) is 0.733. The van der Waals surface area contributed by atoms with Crippen LogP contribution in [-0.4, -0.2) is 50.4 Å². The molecule has 1 atom stereocenters. The number of hydrogen-bond acceptors (Lipinski definition) is 4. The van der Waals surface area contributed by atoms with E-state index in [0.717, 1.165) is 45.0 Å². The second kappa shape index (κ2) is 6.75.